The molecule has 1 aromatic carbocycles. The van der Waals surface area contributed by atoms with Crippen molar-refractivity contribution in [3.05, 3.63) is 29.6 Å². The molecule has 0 saturated carbocycles. The Bertz CT molecular complexity index is 725. The number of urea groups is 1. The molecule has 2 atom stereocenters. The highest BCUT2D eigenvalue weighted by molar-refractivity contribution is 5.95. The molecular weight excluding hydrogens is 321 g/mol. The number of nitrogens with two attached hydrogens (primary N) is 1. The molecule has 8 nitrogen and oxygen atoms in total. The molecule has 3 rings (SSSR count). The second-order valence-electron chi connectivity index (χ2n) is 6.04. The molecule has 2 aliphatic rings. The van der Waals surface area contributed by atoms with E-state index in [-0.39, 0.29) is 43.5 Å². The average molecular weight is 337 g/mol. The van der Waals surface area contributed by atoms with Crippen LogP contribution in [0, 0.1) is 17.2 Å². The van der Waals surface area contributed by atoms with Gasteiger partial charge in [-0.3, -0.25) is 9.59 Å². The van der Waals surface area contributed by atoms with Gasteiger partial charge in [0.1, 0.15) is 11.2 Å². The standard InChI is InChI=1S/C15H16FN3O5/c16-10-3-8(12(17)20)1-2-11(10)18-14(23)19-4-9-5-24-7-15(9,6-19)13(21)22/h1-3,9H,4-7H2,(H2,17,20)(H,18,23)(H,21,22)/t9-,15-/m1/s1. The first kappa shape index (κ1) is 16.2. The Morgan fingerprint density at radius 3 is 2.75 bits per heavy atom. The van der Waals surface area contributed by atoms with Crippen LogP contribution in [0.1, 0.15) is 10.4 Å². The minimum atomic E-state index is -1.11. The fourth-order valence-electron chi connectivity index (χ4n) is 3.16. The number of carbonyl (C=O) groups is 3. The van der Waals surface area contributed by atoms with Crippen molar-refractivity contribution in [2.75, 3.05) is 31.6 Å². The maximum Gasteiger partial charge on any atom is 0.321 e. The largest absolute Gasteiger partial charge is 0.481 e. The average Bonchev–Trinajstić information content (AvgIpc) is 3.07. The van der Waals surface area contributed by atoms with Gasteiger partial charge in [0.2, 0.25) is 5.91 Å². The van der Waals surface area contributed by atoms with Crippen LogP contribution in [0.5, 0.6) is 0 Å². The Hall–Kier alpha value is -2.68. The van der Waals surface area contributed by atoms with Gasteiger partial charge in [-0.1, -0.05) is 0 Å². The number of primary amides is 1. The van der Waals surface area contributed by atoms with E-state index in [1.54, 1.807) is 0 Å². The molecule has 0 unspecified atom stereocenters. The molecule has 2 fully saturated rings. The third-order valence-corrected chi connectivity index (χ3v) is 4.58. The lowest BCUT2D eigenvalue weighted by atomic mass is 9.81. The van der Waals surface area contributed by atoms with Gasteiger partial charge in [0.25, 0.3) is 0 Å². The number of likely N-dealkylation sites (tertiary alicyclic amines) is 1. The number of fused-ring (bicyclic) bond motifs is 1. The lowest BCUT2D eigenvalue weighted by Crippen LogP contribution is -2.41. The van der Waals surface area contributed by atoms with E-state index in [2.05, 4.69) is 5.32 Å². The Balaban J connectivity index is 1.73. The summed E-state index contributed by atoms with van der Waals surface area (Å²) >= 11 is 0. The van der Waals surface area contributed by atoms with Gasteiger partial charge in [0.15, 0.2) is 0 Å². The third kappa shape index (κ3) is 2.56. The van der Waals surface area contributed by atoms with E-state index in [1.165, 1.54) is 17.0 Å². The van der Waals surface area contributed by atoms with Crippen molar-refractivity contribution in [3.8, 4) is 0 Å². The van der Waals surface area contributed by atoms with Crippen molar-refractivity contribution in [1.29, 1.82) is 0 Å². The number of carboxylic acid groups (broad SMARTS) is 1. The Morgan fingerprint density at radius 1 is 1.42 bits per heavy atom. The summed E-state index contributed by atoms with van der Waals surface area (Å²) in [6.45, 7) is 0.551. The van der Waals surface area contributed by atoms with Crippen LogP contribution in [0.4, 0.5) is 14.9 Å². The van der Waals surface area contributed by atoms with E-state index in [0.29, 0.717) is 0 Å². The Labute approximate surface area is 136 Å². The van der Waals surface area contributed by atoms with Crippen LogP contribution < -0.4 is 11.1 Å². The molecule has 0 spiro atoms. The number of rotatable bonds is 3. The molecule has 0 radical (unpaired) electrons. The number of anilines is 1. The Kier molecular flexibility index (Phi) is 3.88. The highest BCUT2D eigenvalue weighted by Gasteiger charge is 2.57. The third-order valence-electron chi connectivity index (χ3n) is 4.58. The van der Waals surface area contributed by atoms with Crippen molar-refractivity contribution in [1.82, 2.24) is 4.90 Å². The highest BCUT2D eigenvalue weighted by Crippen LogP contribution is 2.41. The first-order valence-corrected chi connectivity index (χ1v) is 7.30. The molecule has 24 heavy (non-hydrogen) atoms. The minimum absolute atomic E-state index is 0.000177. The first-order valence-electron chi connectivity index (χ1n) is 7.30. The molecular formula is C15H16FN3O5. The van der Waals surface area contributed by atoms with Gasteiger partial charge >= 0.3 is 12.0 Å². The zero-order valence-corrected chi connectivity index (χ0v) is 12.6. The number of nitrogens with one attached hydrogen (secondary N) is 1. The summed E-state index contributed by atoms with van der Waals surface area (Å²) in [5.41, 5.74) is 3.84. The predicted molar refractivity (Wildman–Crippen MR) is 79.9 cm³/mol. The maximum absolute atomic E-state index is 13.9. The van der Waals surface area contributed by atoms with Crippen LogP contribution in [0.15, 0.2) is 18.2 Å². The van der Waals surface area contributed by atoms with Crippen LogP contribution in [0.3, 0.4) is 0 Å². The second-order valence-corrected chi connectivity index (χ2v) is 6.04. The van der Waals surface area contributed by atoms with Gasteiger partial charge in [0.05, 0.1) is 18.9 Å². The first-order chi connectivity index (χ1) is 11.3. The number of hydrogen-bond donors (Lipinski definition) is 3. The topological polar surface area (TPSA) is 122 Å². The molecule has 0 bridgehead atoms. The highest BCUT2D eigenvalue weighted by atomic mass is 19.1. The molecule has 2 heterocycles. The van der Waals surface area contributed by atoms with Crippen LogP contribution in [-0.4, -0.2) is 54.2 Å². The number of nitrogens with zero attached hydrogens (tertiary/aromatic N) is 1. The zero-order chi connectivity index (χ0) is 17.5. The fourth-order valence-corrected chi connectivity index (χ4v) is 3.16. The summed E-state index contributed by atoms with van der Waals surface area (Å²) in [6.07, 6.45) is 0. The van der Waals surface area contributed by atoms with Crippen LogP contribution in [0.25, 0.3) is 0 Å². The van der Waals surface area contributed by atoms with E-state index < -0.39 is 29.1 Å². The maximum atomic E-state index is 13.9. The van der Waals surface area contributed by atoms with Gasteiger partial charge in [-0.25, -0.2) is 9.18 Å². The normalized spacial score (nSPS) is 25.4. The fraction of sp³-hybridized carbons (Fsp3) is 0.400. The van der Waals surface area contributed by atoms with Crippen LogP contribution >= 0.6 is 0 Å². The van der Waals surface area contributed by atoms with E-state index in [0.717, 1.165) is 6.07 Å². The van der Waals surface area contributed by atoms with Crippen molar-refractivity contribution in [2.24, 2.45) is 17.1 Å². The van der Waals surface area contributed by atoms with Gasteiger partial charge in [-0.2, -0.15) is 0 Å². The summed E-state index contributed by atoms with van der Waals surface area (Å²) in [5.74, 6) is -2.86. The number of ether oxygens (including phenoxy) is 1. The molecule has 1 aromatic rings. The molecule has 4 N–H and O–H groups in total. The quantitative estimate of drug-likeness (QED) is 0.741. The molecule has 0 aromatic heterocycles. The second kappa shape index (κ2) is 5.75. The summed E-state index contributed by atoms with van der Waals surface area (Å²) in [4.78, 5) is 36.2. The van der Waals surface area contributed by atoms with Gasteiger partial charge in [0, 0.05) is 24.6 Å². The van der Waals surface area contributed by atoms with E-state index in [1.807, 2.05) is 0 Å². The molecule has 9 heteroatoms. The SMILES string of the molecule is NC(=O)c1ccc(NC(=O)N2C[C@@H]3COC[C@]3(C(=O)O)C2)c(F)c1. The predicted octanol–water partition coefficient (Wildman–Crippen LogP) is 0.489. The Morgan fingerprint density at radius 2 is 2.17 bits per heavy atom. The number of amides is 3. The van der Waals surface area contributed by atoms with Gasteiger partial charge in [-0.15, -0.1) is 0 Å². The monoisotopic (exact) mass is 337 g/mol. The van der Waals surface area contributed by atoms with Crippen molar-refractivity contribution in [3.63, 3.8) is 0 Å². The molecule has 2 aliphatic heterocycles. The number of hydrogen-bond acceptors (Lipinski definition) is 4. The van der Waals surface area contributed by atoms with Crippen molar-refractivity contribution >= 4 is 23.6 Å². The van der Waals surface area contributed by atoms with E-state index in [9.17, 15) is 23.9 Å². The zero-order valence-electron chi connectivity index (χ0n) is 12.6. The number of carbonyl (C=O) groups excluding carboxylic acids is 2. The molecule has 3 amide bonds. The summed E-state index contributed by atoms with van der Waals surface area (Å²) < 4.78 is 19.2. The minimum Gasteiger partial charge on any atom is -0.481 e. The smallest absolute Gasteiger partial charge is 0.321 e. The number of halogens is 1. The molecule has 0 aliphatic carbocycles. The van der Waals surface area contributed by atoms with Gasteiger partial charge < -0.3 is 25.8 Å². The van der Waals surface area contributed by atoms with Gasteiger partial charge in [-0.05, 0) is 18.2 Å². The van der Waals surface area contributed by atoms with Crippen LogP contribution in [-0.2, 0) is 9.53 Å². The summed E-state index contributed by atoms with van der Waals surface area (Å²) in [7, 11) is 0. The van der Waals surface area contributed by atoms with E-state index >= 15 is 0 Å². The molecule has 128 valence electrons. The number of carboxylic acids is 1. The lowest BCUT2D eigenvalue weighted by molar-refractivity contribution is -0.149. The van der Waals surface area contributed by atoms with Crippen molar-refractivity contribution in [2.45, 2.75) is 0 Å². The van der Waals surface area contributed by atoms with E-state index in [4.69, 9.17) is 10.5 Å². The number of aliphatic carboxylic acids is 1. The lowest BCUT2D eigenvalue weighted by Gasteiger charge is -2.22. The number of benzene rings is 1. The van der Waals surface area contributed by atoms with Crippen molar-refractivity contribution < 1.29 is 28.6 Å². The van der Waals surface area contributed by atoms with Crippen LogP contribution in [0.2, 0.25) is 0 Å². The molecule has 2 saturated heterocycles. The summed E-state index contributed by atoms with van der Waals surface area (Å²) in [5, 5.41) is 11.8. The summed E-state index contributed by atoms with van der Waals surface area (Å²) in [6, 6.07) is 2.87.